The summed E-state index contributed by atoms with van der Waals surface area (Å²) in [6.07, 6.45) is -0.0586. The van der Waals surface area contributed by atoms with Crippen LogP contribution >= 0.6 is 11.6 Å². The van der Waals surface area contributed by atoms with Crippen LogP contribution in [0.25, 0.3) is 0 Å². The number of nitrogens with one attached hydrogen (secondary N) is 1. The van der Waals surface area contributed by atoms with E-state index in [-0.39, 0.29) is 10.6 Å². The highest BCUT2D eigenvalue weighted by atomic mass is 35.5. The molecular formula is C22H26ClNO5. The minimum atomic E-state index is -1.00. The number of para-hydroxylation sites is 1. The average Bonchev–Trinajstić information content (AvgIpc) is 2.72. The molecule has 156 valence electrons. The predicted molar refractivity (Wildman–Crippen MR) is 113 cm³/mol. The van der Waals surface area contributed by atoms with Gasteiger partial charge in [-0.2, -0.15) is 0 Å². The maximum Gasteiger partial charge on any atom is 0.339 e. The monoisotopic (exact) mass is 419 g/mol. The maximum absolute atomic E-state index is 12.6. The summed E-state index contributed by atoms with van der Waals surface area (Å²) in [5.74, 6) is -0.200. The first-order valence-electron chi connectivity index (χ1n) is 9.34. The van der Waals surface area contributed by atoms with Crippen molar-refractivity contribution in [3.63, 3.8) is 0 Å². The second-order valence-electron chi connectivity index (χ2n) is 6.63. The first-order valence-corrected chi connectivity index (χ1v) is 9.72. The topological polar surface area (TPSA) is 73.9 Å². The Balaban J connectivity index is 2.13. The Labute approximate surface area is 176 Å². The normalized spacial score (nSPS) is 12.6. The van der Waals surface area contributed by atoms with Gasteiger partial charge in [-0.15, -0.1) is 0 Å². The van der Waals surface area contributed by atoms with E-state index in [1.807, 2.05) is 24.3 Å². The van der Waals surface area contributed by atoms with Crippen LogP contribution in [0.3, 0.4) is 0 Å². The van der Waals surface area contributed by atoms with Crippen LogP contribution in [0.1, 0.15) is 49.0 Å². The third-order valence-electron chi connectivity index (χ3n) is 4.68. The van der Waals surface area contributed by atoms with E-state index in [1.165, 1.54) is 33.3 Å². The molecule has 0 aliphatic rings. The number of carbonyl (C=O) groups excluding carboxylic acids is 2. The first-order chi connectivity index (χ1) is 13.8. The zero-order valence-electron chi connectivity index (χ0n) is 17.2. The molecular weight excluding hydrogens is 394 g/mol. The summed E-state index contributed by atoms with van der Waals surface area (Å²) in [4.78, 5) is 25.1. The molecule has 1 N–H and O–H groups in total. The Kier molecular flexibility index (Phi) is 7.91. The van der Waals surface area contributed by atoms with Gasteiger partial charge in [0.2, 0.25) is 0 Å². The van der Waals surface area contributed by atoms with E-state index in [9.17, 15) is 9.59 Å². The average molecular weight is 420 g/mol. The predicted octanol–water partition coefficient (Wildman–Crippen LogP) is 5.05. The Morgan fingerprint density at radius 2 is 1.79 bits per heavy atom. The lowest BCUT2D eigenvalue weighted by molar-refractivity contribution is -0.123. The lowest BCUT2D eigenvalue weighted by Gasteiger charge is -2.18. The second-order valence-corrected chi connectivity index (χ2v) is 7.03. The molecule has 0 fully saturated rings. The second kappa shape index (κ2) is 10.2. The third-order valence-corrected chi connectivity index (χ3v) is 4.97. The molecule has 2 atom stereocenters. The van der Waals surface area contributed by atoms with Crippen LogP contribution in [0, 0.1) is 0 Å². The summed E-state index contributed by atoms with van der Waals surface area (Å²) in [6.45, 7) is 5.69. The summed E-state index contributed by atoms with van der Waals surface area (Å²) in [6, 6.07) is 10.5. The fourth-order valence-corrected chi connectivity index (χ4v) is 3.10. The molecule has 0 spiro atoms. The molecule has 0 saturated heterocycles. The van der Waals surface area contributed by atoms with Crippen LogP contribution in [0.4, 0.5) is 5.69 Å². The molecule has 0 aromatic heterocycles. The number of ether oxygens (including phenoxy) is 3. The molecule has 2 aromatic rings. The van der Waals surface area contributed by atoms with Gasteiger partial charge < -0.3 is 19.5 Å². The zero-order valence-corrected chi connectivity index (χ0v) is 18.0. The standard InChI is InChI=1S/C22H26ClNO5/c1-6-13(2)16-9-7-8-10-18(16)24-21(25)14(3)29-22(26)15-11-17(23)20(28-5)19(12-15)27-4/h7-14H,6H2,1-5H3,(H,24,25)/t13-,14-/m1/s1. The van der Waals surface area contributed by atoms with Crippen molar-refractivity contribution in [1.29, 1.82) is 0 Å². The molecule has 0 saturated carbocycles. The number of amides is 1. The van der Waals surface area contributed by atoms with Gasteiger partial charge in [-0.3, -0.25) is 4.79 Å². The van der Waals surface area contributed by atoms with Gasteiger partial charge in [0.15, 0.2) is 17.6 Å². The van der Waals surface area contributed by atoms with Gasteiger partial charge in [0.1, 0.15) is 0 Å². The molecule has 0 bridgehead atoms. The molecule has 2 rings (SSSR count). The fourth-order valence-electron chi connectivity index (χ4n) is 2.81. The Bertz CT molecular complexity index is 884. The fraction of sp³-hybridized carbons (Fsp3) is 0.364. The minimum Gasteiger partial charge on any atom is -0.493 e. The van der Waals surface area contributed by atoms with Gasteiger partial charge in [-0.1, -0.05) is 43.6 Å². The van der Waals surface area contributed by atoms with Crippen molar-refractivity contribution in [3.05, 3.63) is 52.5 Å². The number of anilines is 1. The number of benzene rings is 2. The van der Waals surface area contributed by atoms with Crippen molar-refractivity contribution >= 4 is 29.2 Å². The van der Waals surface area contributed by atoms with E-state index in [0.717, 1.165) is 12.0 Å². The molecule has 1 amide bonds. The Morgan fingerprint density at radius 1 is 1.10 bits per heavy atom. The van der Waals surface area contributed by atoms with Gasteiger partial charge in [-0.25, -0.2) is 4.79 Å². The highest BCUT2D eigenvalue weighted by Crippen LogP contribution is 2.36. The summed E-state index contributed by atoms with van der Waals surface area (Å²) in [5, 5.41) is 3.05. The highest BCUT2D eigenvalue weighted by molar-refractivity contribution is 6.32. The first kappa shape index (κ1) is 22.6. The number of halogens is 1. The Hall–Kier alpha value is -2.73. The number of carbonyl (C=O) groups is 2. The van der Waals surface area contributed by atoms with Gasteiger partial charge >= 0.3 is 5.97 Å². The molecule has 29 heavy (non-hydrogen) atoms. The van der Waals surface area contributed by atoms with Crippen molar-refractivity contribution in [3.8, 4) is 11.5 Å². The van der Waals surface area contributed by atoms with E-state index < -0.39 is 18.0 Å². The number of hydrogen-bond donors (Lipinski definition) is 1. The number of methoxy groups -OCH3 is 2. The number of hydrogen-bond acceptors (Lipinski definition) is 5. The van der Waals surface area contributed by atoms with Crippen LogP contribution in [-0.2, 0) is 9.53 Å². The third kappa shape index (κ3) is 5.41. The highest BCUT2D eigenvalue weighted by Gasteiger charge is 2.22. The van der Waals surface area contributed by atoms with Crippen LogP contribution in [0.15, 0.2) is 36.4 Å². The SMILES string of the molecule is CC[C@@H](C)c1ccccc1NC(=O)[C@@H](C)OC(=O)c1cc(Cl)c(OC)c(OC)c1. The zero-order chi connectivity index (χ0) is 21.6. The molecule has 7 heteroatoms. The van der Waals surface area contributed by atoms with Gasteiger partial charge in [0.25, 0.3) is 5.91 Å². The summed E-state index contributed by atoms with van der Waals surface area (Å²) < 4.78 is 15.7. The molecule has 6 nitrogen and oxygen atoms in total. The van der Waals surface area contributed by atoms with Gasteiger partial charge in [-0.05, 0) is 43.0 Å². The van der Waals surface area contributed by atoms with E-state index in [0.29, 0.717) is 23.1 Å². The summed E-state index contributed by atoms with van der Waals surface area (Å²) in [5.41, 5.74) is 1.91. The lowest BCUT2D eigenvalue weighted by Crippen LogP contribution is -2.30. The molecule has 0 aliphatic heterocycles. The van der Waals surface area contributed by atoms with Crippen LogP contribution in [0.5, 0.6) is 11.5 Å². The summed E-state index contributed by atoms with van der Waals surface area (Å²) >= 11 is 6.13. The molecule has 0 unspecified atom stereocenters. The van der Waals surface area contributed by atoms with Crippen LogP contribution in [0.2, 0.25) is 5.02 Å². The van der Waals surface area contributed by atoms with Crippen LogP contribution < -0.4 is 14.8 Å². The number of esters is 1. The molecule has 2 aromatic carbocycles. The molecule has 0 aliphatic carbocycles. The van der Waals surface area contributed by atoms with E-state index in [4.69, 9.17) is 25.8 Å². The van der Waals surface area contributed by atoms with E-state index >= 15 is 0 Å². The van der Waals surface area contributed by atoms with Crippen molar-refractivity contribution in [2.45, 2.75) is 39.2 Å². The van der Waals surface area contributed by atoms with E-state index in [2.05, 4.69) is 19.2 Å². The number of rotatable bonds is 8. The smallest absolute Gasteiger partial charge is 0.339 e. The Morgan fingerprint density at radius 3 is 2.41 bits per heavy atom. The maximum atomic E-state index is 12.6. The van der Waals surface area contributed by atoms with Gasteiger partial charge in [0.05, 0.1) is 24.8 Å². The molecule has 0 heterocycles. The molecule has 0 radical (unpaired) electrons. The van der Waals surface area contributed by atoms with Crippen LogP contribution in [-0.4, -0.2) is 32.2 Å². The summed E-state index contributed by atoms with van der Waals surface area (Å²) in [7, 11) is 2.89. The quantitative estimate of drug-likeness (QED) is 0.605. The van der Waals surface area contributed by atoms with Crippen molar-refractivity contribution in [2.24, 2.45) is 0 Å². The largest absolute Gasteiger partial charge is 0.493 e. The van der Waals surface area contributed by atoms with Gasteiger partial charge in [0, 0.05) is 5.69 Å². The van der Waals surface area contributed by atoms with Crippen molar-refractivity contribution in [1.82, 2.24) is 0 Å². The lowest BCUT2D eigenvalue weighted by atomic mass is 9.97. The van der Waals surface area contributed by atoms with E-state index in [1.54, 1.807) is 0 Å². The van der Waals surface area contributed by atoms with Crippen molar-refractivity contribution in [2.75, 3.05) is 19.5 Å². The minimum absolute atomic E-state index is 0.160. The van der Waals surface area contributed by atoms with Crippen molar-refractivity contribution < 1.29 is 23.8 Å².